The van der Waals surface area contributed by atoms with E-state index in [-0.39, 0.29) is 12.0 Å². The average Bonchev–Trinajstić information content (AvgIpc) is 3.30. The fourth-order valence-corrected chi connectivity index (χ4v) is 4.17. The van der Waals surface area contributed by atoms with Crippen LogP contribution in [-0.2, 0) is 16.0 Å². The van der Waals surface area contributed by atoms with E-state index in [0.29, 0.717) is 5.75 Å². The van der Waals surface area contributed by atoms with Crippen molar-refractivity contribution < 1.29 is 9.53 Å². The zero-order valence-electron chi connectivity index (χ0n) is 14.2. The molecule has 0 radical (unpaired) electrons. The van der Waals surface area contributed by atoms with E-state index in [0.717, 1.165) is 53.1 Å². The van der Waals surface area contributed by atoms with Crippen LogP contribution in [0.3, 0.4) is 0 Å². The molecule has 1 saturated heterocycles. The van der Waals surface area contributed by atoms with Crippen molar-refractivity contribution in [2.24, 2.45) is 0 Å². The highest BCUT2D eigenvalue weighted by Crippen LogP contribution is 2.26. The fraction of sp³-hybridized carbons (Fsp3) is 0.471. The molecule has 1 fully saturated rings. The number of amides is 1. The quantitative estimate of drug-likeness (QED) is 0.686. The van der Waals surface area contributed by atoms with Gasteiger partial charge in [0.2, 0.25) is 11.0 Å². The number of benzene rings is 1. The molecule has 0 saturated carbocycles. The van der Waals surface area contributed by atoms with Crippen molar-refractivity contribution in [1.29, 1.82) is 0 Å². The molecule has 0 spiro atoms. The maximum Gasteiger partial charge on any atom is 0.234 e. The predicted molar refractivity (Wildman–Crippen MR) is 103 cm³/mol. The van der Waals surface area contributed by atoms with Gasteiger partial charge in [-0.2, -0.15) is 0 Å². The van der Waals surface area contributed by atoms with Gasteiger partial charge in [0.05, 0.1) is 11.9 Å². The van der Waals surface area contributed by atoms with E-state index in [1.165, 1.54) is 23.1 Å². The van der Waals surface area contributed by atoms with Crippen LogP contribution >= 0.6 is 23.1 Å². The Labute approximate surface area is 155 Å². The summed E-state index contributed by atoms with van der Waals surface area (Å²) in [6, 6.07) is 7.87. The average molecular weight is 379 g/mol. The summed E-state index contributed by atoms with van der Waals surface area (Å²) < 4.78 is 6.36. The van der Waals surface area contributed by atoms with Crippen LogP contribution < -0.4 is 10.6 Å². The molecule has 2 heterocycles. The van der Waals surface area contributed by atoms with E-state index in [4.69, 9.17) is 4.74 Å². The van der Waals surface area contributed by atoms with Crippen LogP contribution in [0.25, 0.3) is 0 Å². The maximum absolute atomic E-state index is 12.2. The Hall–Kier alpha value is -1.64. The second-order valence-corrected chi connectivity index (χ2v) is 7.94. The zero-order valence-corrected chi connectivity index (χ0v) is 15.8. The van der Waals surface area contributed by atoms with Crippen molar-refractivity contribution in [3.05, 3.63) is 29.8 Å². The summed E-state index contributed by atoms with van der Waals surface area (Å²) in [7, 11) is 0. The number of nitrogens with zero attached hydrogens (tertiary/aromatic N) is 2. The SMILES string of the molecule is CCc1ccccc1NC(=O)CSc1nnc(NCC2CCCO2)s1. The Morgan fingerprint density at radius 1 is 1.40 bits per heavy atom. The molecule has 1 aliphatic rings. The lowest BCUT2D eigenvalue weighted by atomic mass is 10.1. The third-order valence-electron chi connectivity index (χ3n) is 3.91. The first-order valence-electron chi connectivity index (χ1n) is 8.44. The van der Waals surface area contributed by atoms with Gasteiger partial charge in [0.25, 0.3) is 0 Å². The minimum absolute atomic E-state index is 0.0324. The molecule has 1 aromatic carbocycles. The molecule has 1 amide bonds. The molecule has 6 nitrogen and oxygen atoms in total. The molecule has 1 unspecified atom stereocenters. The Kier molecular flexibility index (Phi) is 6.66. The van der Waals surface area contributed by atoms with Gasteiger partial charge < -0.3 is 15.4 Å². The molecule has 2 N–H and O–H groups in total. The minimum Gasteiger partial charge on any atom is -0.376 e. The Bertz CT molecular complexity index is 701. The summed E-state index contributed by atoms with van der Waals surface area (Å²) in [5.41, 5.74) is 2.02. The molecule has 3 rings (SSSR count). The van der Waals surface area contributed by atoms with Gasteiger partial charge in [-0.1, -0.05) is 48.2 Å². The number of nitrogens with one attached hydrogen (secondary N) is 2. The molecule has 1 atom stereocenters. The third-order valence-corrected chi connectivity index (χ3v) is 5.92. The van der Waals surface area contributed by atoms with Crippen molar-refractivity contribution in [3.63, 3.8) is 0 Å². The van der Waals surface area contributed by atoms with Crippen LogP contribution in [0.4, 0.5) is 10.8 Å². The Morgan fingerprint density at radius 3 is 3.08 bits per heavy atom. The van der Waals surface area contributed by atoms with E-state index in [1.807, 2.05) is 24.3 Å². The van der Waals surface area contributed by atoms with Gasteiger partial charge >= 0.3 is 0 Å². The van der Waals surface area contributed by atoms with Crippen LogP contribution in [0.15, 0.2) is 28.6 Å². The minimum atomic E-state index is -0.0324. The number of aryl methyl sites for hydroxylation is 1. The summed E-state index contributed by atoms with van der Waals surface area (Å²) in [6.07, 6.45) is 3.37. The highest BCUT2D eigenvalue weighted by atomic mass is 32.2. The monoisotopic (exact) mass is 378 g/mol. The number of para-hydroxylation sites is 1. The second-order valence-electron chi connectivity index (χ2n) is 5.74. The van der Waals surface area contributed by atoms with Crippen LogP contribution in [0.5, 0.6) is 0 Å². The number of hydrogen-bond acceptors (Lipinski definition) is 7. The Morgan fingerprint density at radius 2 is 2.28 bits per heavy atom. The van der Waals surface area contributed by atoms with Gasteiger partial charge in [-0.3, -0.25) is 4.79 Å². The van der Waals surface area contributed by atoms with Gasteiger partial charge in [-0.25, -0.2) is 0 Å². The summed E-state index contributed by atoms with van der Waals surface area (Å²) in [6.45, 7) is 3.68. The summed E-state index contributed by atoms with van der Waals surface area (Å²) in [5, 5.41) is 15.2. The number of ether oxygens (including phenoxy) is 1. The van der Waals surface area contributed by atoms with Gasteiger partial charge in [0, 0.05) is 18.8 Å². The molecule has 1 aliphatic heterocycles. The Balaban J connectivity index is 1.44. The molecular formula is C17H22N4O2S2. The lowest BCUT2D eigenvalue weighted by Gasteiger charge is -2.09. The number of thioether (sulfide) groups is 1. The fourth-order valence-electron chi connectivity index (χ4n) is 2.61. The van der Waals surface area contributed by atoms with Gasteiger partial charge in [-0.15, -0.1) is 10.2 Å². The normalized spacial score (nSPS) is 16.8. The predicted octanol–water partition coefficient (Wildman–Crippen LogP) is 3.42. The van der Waals surface area contributed by atoms with Crippen molar-refractivity contribution in [2.45, 2.75) is 36.6 Å². The second kappa shape index (κ2) is 9.17. The smallest absolute Gasteiger partial charge is 0.234 e. The van der Waals surface area contributed by atoms with Gasteiger partial charge in [0.15, 0.2) is 4.34 Å². The summed E-state index contributed by atoms with van der Waals surface area (Å²) >= 11 is 2.87. The lowest BCUT2D eigenvalue weighted by Crippen LogP contribution is -2.18. The molecule has 8 heteroatoms. The first-order chi connectivity index (χ1) is 12.2. The van der Waals surface area contributed by atoms with Crippen molar-refractivity contribution >= 4 is 39.8 Å². The van der Waals surface area contributed by atoms with Gasteiger partial charge in [0.1, 0.15) is 0 Å². The third kappa shape index (κ3) is 5.42. The van der Waals surface area contributed by atoms with E-state index in [2.05, 4.69) is 27.8 Å². The number of aromatic nitrogens is 2. The molecule has 0 bridgehead atoms. The molecule has 25 heavy (non-hydrogen) atoms. The molecule has 2 aromatic rings. The highest BCUT2D eigenvalue weighted by molar-refractivity contribution is 8.01. The van der Waals surface area contributed by atoms with Crippen molar-refractivity contribution in [2.75, 3.05) is 29.5 Å². The highest BCUT2D eigenvalue weighted by Gasteiger charge is 2.16. The largest absolute Gasteiger partial charge is 0.376 e. The number of rotatable bonds is 8. The van der Waals surface area contributed by atoms with Crippen LogP contribution in [0.2, 0.25) is 0 Å². The molecule has 134 valence electrons. The molecular weight excluding hydrogens is 356 g/mol. The van der Waals surface area contributed by atoms with Crippen LogP contribution in [0.1, 0.15) is 25.3 Å². The van der Waals surface area contributed by atoms with Crippen LogP contribution in [-0.4, -0.2) is 41.1 Å². The van der Waals surface area contributed by atoms with E-state index < -0.39 is 0 Å². The van der Waals surface area contributed by atoms with Crippen molar-refractivity contribution in [1.82, 2.24) is 10.2 Å². The lowest BCUT2D eigenvalue weighted by molar-refractivity contribution is -0.113. The number of carbonyl (C=O) groups excluding carboxylic acids is 1. The van der Waals surface area contributed by atoms with Gasteiger partial charge in [-0.05, 0) is 30.9 Å². The maximum atomic E-state index is 12.2. The van der Waals surface area contributed by atoms with E-state index in [9.17, 15) is 4.79 Å². The number of anilines is 2. The van der Waals surface area contributed by atoms with Crippen molar-refractivity contribution in [3.8, 4) is 0 Å². The zero-order chi connectivity index (χ0) is 17.5. The number of carbonyl (C=O) groups is 1. The first-order valence-corrected chi connectivity index (χ1v) is 10.2. The molecule has 1 aromatic heterocycles. The number of hydrogen-bond donors (Lipinski definition) is 2. The topological polar surface area (TPSA) is 76.1 Å². The standard InChI is InChI=1S/C17H22N4O2S2/c1-2-12-6-3-4-8-14(12)19-15(22)11-24-17-21-20-16(25-17)18-10-13-7-5-9-23-13/h3-4,6,8,13H,2,5,7,9-11H2,1H3,(H,18,20)(H,19,22). The van der Waals surface area contributed by atoms with E-state index in [1.54, 1.807) is 0 Å². The molecule has 0 aliphatic carbocycles. The first kappa shape index (κ1) is 18.2. The summed E-state index contributed by atoms with van der Waals surface area (Å²) in [5.74, 6) is 0.285. The summed E-state index contributed by atoms with van der Waals surface area (Å²) in [4.78, 5) is 12.2. The van der Waals surface area contributed by atoms with E-state index >= 15 is 0 Å². The van der Waals surface area contributed by atoms with Crippen LogP contribution in [0, 0.1) is 0 Å².